The summed E-state index contributed by atoms with van der Waals surface area (Å²) in [5, 5.41) is 10.1. The van der Waals surface area contributed by atoms with Crippen molar-refractivity contribution in [3.63, 3.8) is 0 Å². The van der Waals surface area contributed by atoms with E-state index in [-0.39, 0.29) is 19.4 Å². The molecule has 0 fully saturated rings. The summed E-state index contributed by atoms with van der Waals surface area (Å²) in [6, 6.07) is 0. The number of hydrogen-bond acceptors (Lipinski definition) is 7. The first-order chi connectivity index (χ1) is 18.6. The van der Waals surface area contributed by atoms with E-state index in [1.165, 1.54) is 22.3 Å². The third-order valence-corrected chi connectivity index (χ3v) is 8.87. The van der Waals surface area contributed by atoms with Gasteiger partial charge in [0, 0.05) is 18.4 Å². The summed E-state index contributed by atoms with van der Waals surface area (Å²) in [6.07, 6.45) is 2.78. The molecule has 41 heavy (non-hydrogen) atoms. The fraction of sp³-hybridized carbons (Fsp3) is 0.588. The first-order valence-corrected chi connectivity index (χ1v) is 14.3. The number of phenols is 1. The molecule has 0 saturated carbocycles. The molecule has 0 amide bonds. The van der Waals surface area contributed by atoms with E-state index in [1.807, 2.05) is 34.6 Å². The number of ether oxygens (including phenoxy) is 4. The van der Waals surface area contributed by atoms with Crippen LogP contribution in [-0.2, 0) is 31.9 Å². The van der Waals surface area contributed by atoms with Crippen molar-refractivity contribution in [3.8, 4) is 17.2 Å². The van der Waals surface area contributed by atoms with E-state index in [9.17, 15) is 14.7 Å². The Balaban J connectivity index is 0.000000280. The summed E-state index contributed by atoms with van der Waals surface area (Å²) < 4.78 is 22.4. The molecule has 2 heterocycles. The number of carbonyl (C=O) groups is 2. The summed E-state index contributed by atoms with van der Waals surface area (Å²) in [5.74, 6) is 1.34. The van der Waals surface area contributed by atoms with Gasteiger partial charge in [0.15, 0.2) is 0 Å². The second-order valence-electron chi connectivity index (χ2n) is 11.4. The first-order valence-electron chi connectivity index (χ1n) is 14.3. The molecule has 0 radical (unpaired) electrons. The molecule has 2 aromatic carbocycles. The number of fused-ring (bicyclic) bond motifs is 2. The third-order valence-electron chi connectivity index (χ3n) is 8.87. The van der Waals surface area contributed by atoms with Crippen LogP contribution in [0.2, 0.25) is 0 Å². The van der Waals surface area contributed by atoms with E-state index >= 15 is 0 Å². The molecule has 2 aromatic rings. The molecule has 0 spiro atoms. The predicted molar refractivity (Wildman–Crippen MR) is 162 cm³/mol. The number of esters is 2. The van der Waals surface area contributed by atoms with Crippen molar-refractivity contribution in [2.45, 2.75) is 120 Å². The largest absolute Gasteiger partial charge is 0.507 e. The Kier molecular flexibility index (Phi) is 10.6. The quantitative estimate of drug-likeness (QED) is 0.390. The van der Waals surface area contributed by atoms with Gasteiger partial charge in [0.2, 0.25) is 11.2 Å². The smallest absolute Gasteiger partial charge is 0.350 e. The van der Waals surface area contributed by atoms with Crippen LogP contribution >= 0.6 is 0 Å². The van der Waals surface area contributed by atoms with E-state index in [4.69, 9.17) is 18.9 Å². The van der Waals surface area contributed by atoms with E-state index in [0.29, 0.717) is 38.2 Å². The first kappa shape index (κ1) is 34.0. The van der Waals surface area contributed by atoms with Crippen LogP contribution in [0.3, 0.4) is 0 Å². The van der Waals surface area contributed by atoms with Gasteiger partial charge in [0.05, 0.1) is 13.2 Å². The number of phenolic OH excluding ortho intramolecular Hbond substituents is 1. The molecule has 2 atom stereocenters. The van der Waals surface area contributed by atoms with E-state index in [1.54, 1.807) is 13.8 Å². The molecule has 7 heteroatoms. The van der Waals surface area contributed by atoms with E-state index in [2.05, 4.69) is 27.7 Å². The molecule has 1 N–H and O–H groups in total. The highest BCUT2D eigenvalue weighted by Crippen LogP contribution is 2.44. The highest BCUT2D eigenvalue weighted by Gasteiger charge is 2.43. The molecular weight excluding hydrogens is 520 g/mol. The summed E-state index contributed by atoms with van der Waals surface area (Å²) in [4.78, 5) is 24.2. The lowest BCUT2D eigenvalue weighted by atomic mass is 9.85. The van der Waals surface area contributed by atoms with Gasteiger partial charge in [-0.05, 0) is 134 Å². The minimum absolute atomic E-state index is 0. The highest BCUT2D eigenvalue weighted by molar-refractivity contribution is 5.81. The second kappa shape index (κ2) is 12.7. The van der Waals surface area contributed by atoms with Gasteiger partial charge in [-0.2, -0.15) is 0 Å². The Morgan fingerprint density at radius 1 is 0.659 bits per heavy atom. The lowest BCUT2D eigenvalue weighted by molar-refractivity contribution is -0.162. The number of carbonyl (C=O) groups excluding carboxylic acids is 2. The summed E-state index contributed by atoms with van der Waals surface area (Å²) in [7, 11) is 0. The lowest BCUT2D eigenvalue weighted by Crippen LogP contribution is -2.46. The van der Waals surface area contributed by atoms with Crippen LogP contribution in [0, 0.1) is 48.5 Å². The van der Waals surface area contributed by atoms with Crippen molar-refractivity contribution in [3.05, 3.63) is 50.1 Å². The van der Waals surface area contributed by atoms with Crippen LogP contribution in [0.25, 0.3) is 0 Å². The van der Waals surface area contributed by atoms with Crippen LogP contribution < -0.4 is 9.47 Å². The van der Waals surface area contributed by atoms with Crippen LogP contribution in [0.5, 0.6) is 17.2 Å². The molecule has 4 rings (SSSR count). The summed E-state index contributed by atoms with van der Waals surface area (Å²) in [5.41, 5.74) is 7.96. The van der Waals surface area contributed by atoms with E-state index < -0.39 is 11.2 Å². The normalized spacial score (nSPS) is 20.6. The van der Waals surface area contributed by atoms with Gasteiger partial charge in [0.25, 0.3) is 0 Å². The Hall–Kier alpha value is -3.22. The maximum absolute atomic E-state index is 12.1. The Morgan fingerprint density at radius 3 is 1.44 bits per heavy atom. The van der Waals surface area contributed by atoms with Gasteiger partial charge in [-0.25, -0.2) is 9.59 Å². The van der Waals surface area contributed by atoms with Crippen LogP contribution in [-0.4, -0.2) is 41.5 Å². The van der Waals surface area contributed by atoms with Gasteiger partial charge >= 0.3 is 11.9 Å². The fourth-order valence-electron chi connectivity index (χ4n) is 5.54. The molecular formula is C34H50O7. The van der Waals surface area contributed by atoms with Gasteiger partial charge in [-0.15, -0.1) is 0 Å². The van der Waals surface area contributed by atoms with Gasteiger partial charge in [0.1, 0.15) is 17.2 Å². The zero-order valence-corrected chi connectivity index (χ0v) is 26.1. The van der Waals surface area contributed by atoms with Crippen LogP contribution in [0.4, 0.5) is 0 Å². The van der Waals surface area contributed by atoms with Crippen molar-refractivity contribution < 1.29 is 33.6 Å². The lowest BCUT2D eigenvalue weighted by Gasteiger charge is -2.36. The average molecular weight is 571 g/mol. The molecule has 7 nitrogen and oxygen atoms in total. The highest BCUT2D eigenvalue weighted by atomic mass is 16.6. The number of hydrogen-bond donors (Lipinski definition) is 1. The Bertz CT molecular complexity index is 1220. The van der Waals surface area contributed by atoms with Gasteiger partial charge in [-0.3, -0.25) is 0 Å². The molecule has 0 aromatic heterocycles. The van der Waals surface area contributed by atoms with Crippen LogP contribution in [0.15, 0.2) is 0 Å². The third kappa shape index (κ3) is 6.19. The molecule has 2 aliphatic heterocycles. The van der Waals surface area contributed by atoms with Crippen molar-refractivity contribution in [2.75, 3.05) is 13.2 Å². The number of benzene rings is 2. The second-order valence-corrected chi connectivity index (χ2v) is 11.4. The summed E-state index contributed by atoms with van der Waals surface area (Å²) >= 11 is 0. The minimum atomic E-state index is -0.941. The molecule has 0 bridgehead atoms. The SMILES string of the molecule is C.CCOC(=O)[C@@]1(C)CCc2c(C)c(C)c(C)c(C)c2O1.CCOC(=O)[C@@]1(C)CCc2c(C)c(O)c(C)c(C)c2O1. The topological polar surface area (TPSA) is 91.3 Å². The summed E-state index contributed by atoms with van der Waals surface area (Å²) in [6.45, 7) is 22.0. The maximum atomic E-state index is 12.1. The molecule has 228 valence electrons. The predicted octanol–water partition coefficient (Wildman–Crippen LogP) is 7.17. The Morgan fingerprint density at radius 2 is 1.02 bits per heavy atom. The zero-order chi connectivity index (χ0) is 30.2. The monoisotopic (exact) mass is 570 g/mol. The number of aromatic hydroxyl groups is 1. The molecule has 0 saturated heterocycles. The van der Waals surface area contributed by atoms with Crippen molar-refractivity contribution in [2.24, 2.45) is 0 Å². The zero-order valence-electron chi connectivity index (χ0n) is 26.1. The minimum Gasteiger partial charge on any atom is -0.507 e. The maximum Gasteiger partial charge on any atom is 0.350 e. The van der Waals surface area contributed by atoms with Gasteiger partial charge in [-0.1, -0.05) is 7.43 Å². The molecule has 2 aliphatic rings. The fourth-order valence-corrected chi connectivity index (χ4v) is 5.54. The van der Waals surface area contributed by atoms with Crippen molar-refractivity contribution >= 4 is 11.9 Å². The van der Waals surface area contributed by atoms with Crippen LogP contribution in [0.1, 0.15) is 98.0 Å². The van der Waals surface area contributed by atoms with Gasteiger partial charge < -0.3 is 24.1 Å². The van der Waals surface area contributed by atoms with E-state index in [0.717, 1.165) is 45.7 Å². The standard InChI is InChI=1S/C17H24O3.C16H22O4.CH4/c1-7-19-16(18)17(6)9-8-14-12(4)10(2)11(3)13(5)15(14)20-17;1-6-19-15(18)16(5)8-7-12-11(4)13(17)9(2)10(3)14(12)20-16;/h7-9H2,1-6H3;17H,6-8H2,1-5H3;1H4/t17-;16-;/m11./s1. The molecule has 0 unspecified atom stereocenters. The van der Waals surface area contributed by atoms with Crippen molar-refractivity contribution in [1.82, 2.24) is 0 Å². The van der Waals surface area contributed by atoms with Crippen molar-refractivity contribution in [1.29, 1.82) is 0 Å². The number of rotatable bonds is 4. The molecule has 0 aliphatic carbocycles. The Labute approximate surface area is 246 Å². The average Bonchev–Trinajstić information content (AvgIpc) is 2.93.